The third-order valence-electron chi connectivity index (χ3n) is 3.30. The third kappa shape index (κ3) is 3.44. The molecule has 0 radical (unpaired) electrons. The summed E-state index contributed by atoms with van der Waals surface area (Å²) >= 11 is 1.43. The van der Waals surface area contributed by atoms with E-state index in [0.717, 1.165) is 17.7 Å². The predicted octanol–water partition coefficient (Wildman–Crippen LogP) is 4.63. The molecule has 3 rings (SSSR count). The number of aryl methyl sites for hydroxylation is 1. The monoisotopic (exact) mass is 293 g/mol. The number of benzene rings is 2. The van der Waals surface area contributed by atoms with Crippen LogP contribution in [0.2, 0.25) is 0 Å². The standard InChI is InChI=1S/C18H15NOS/c20-17(12-11-14-7-3-1-4-8-14)18-19-16(13-21-18)15-9-5-2-6-10-15/h1-10,13H,11-12H2. The minimum Gasteiger partial charge on any atom is -0.292 e. The lowest BCUT2D eigenvalue weighted by Crippen LogP contribution is -2.00. The van der Waals surface area contributed by atoms with E-state index in [1.165, 1.54) is 16.9 Å². The van der Waals surface area contributed by atoms with Crippen LogP contribution < -0.4 is 0 Å². The van der Waals surface area contributed by atoms with Gasteiger partial charge in [0.15, 0.2) is 10.8 Å². The van der Waals surface area contributed by atoms with E-state index in [0.29, 0.717) is 11.4 Å². The molecule has 0 spiro atoms. The molecule has 0 aliphatic rings. The zero-order valence-electron chi connectivity index (χ0n) is 11.5. The number of nitrogens with zero attached hydrogens (tertiary/aromatic N) is 1. The Kier molecular flexibility index (Phi) is 4.22. The van der Waals surface area contributed by atoms with Crippen LogP contribution in [0.3, 0.4) is 0 Å². The summed E-state index contributed by atoms with van der Waals surface area (Å²) in [5.41, 5.74) is 3.12. The molecule has 3 aromatic rings. The molecule has 2 nitrogen and oxygen atoms in total. The molecular weight excluding hydrogens is 278 g/mol. The Morgan fingerprint density at radius 2 is 1.62 bits per heavy atom. The van der Waals surface area contributed by atoms with Crippen LogP contribution in [0.15, 0.2) is 66.0 Å². The first-order chi connectivity index (χ1) is 10.3. The first-order valence-corrected chi connectivity index (χ1v) is 7.79. The van der Waals surface area contributed by atoms with E-state index < -0.39 is 0 Å². The molecule has 0 fully saturated rings. The second kappa shape index (κ2) is 6.46. The molecule has 104 valence electrons. The van der Waals surface area contributed by atoms with E-state index in [2.05, 4.69) is 4.98 Å². The van der Waals surface area contributed by atoms with Gasteiger partial charge in [-0.1, -0.05) is 60.7 Å². The molecule has 0 N–H and O–H groups in total. The highest BCUT2D eigenvalue weighted by molar-refractivity contribution is 7.12. The molecule has 0 aliphatic carbocycles. The maximum absolute atomic E-state index is 12.2. The first kappa shape index (κ1) is 13.7. The van der Waals surface area contributed by atoms with Crippen molar-refractivity contribution in [1.82, 2.24) is 4.98 Å². The highest BCUT2D eigenvalue weighted by Crippen LogP contribution is 2.22. The lowest BCUT2D eigenvalue weighted by atomic mass is 10.1. The molecule has 0 aliphatic heterocycles. The Labute approximate surface area is 128 Å². The highest BCUT2D eigenvalue weighted by atomic mass is 32.1. The van der Waals surface area contributed by atoms with Gasteiger partial charge in [0, 0.05) is 17.4 Å². The van der Waals surface area contributed by atoms with Crippen LogP contribution in [0.1, 0.15) is 21.8 Å². The van der Waals surface area contributed by atoms with Crippen molar-refractivity contribution in [2.24, 2.45) is 0 Å². The van der Waals surface area contributed by atoms with Crippen LogP contribution in [0, 0.1) is 0 Å². The SMILES string of the molecule is O=C(CCc1ccccc1)c1nc(-c2ccccc2)cs1. The Hall–Kier alpha value is -2.26. The Morgan fingerprint density at radius 3 is 2.33 bits per heavy atom. The number of Topliss-reactive ketones (excluding diaryl/α,β-unsaturated/α-hetero) is 1. The topological polar surface area (TPSA) is 30.0 Å². The van der Waals surface area contributed by atoms with Crippen LogP contribution in [0.4, 0.5) is 0 Å². The molecule has 0 bridgehead atoms. The highest BCUT2D eigenvalue weighted by Gasteiger charge is 2.12. The molecular formula is C18H15NOS. The number of rotatable bonds is 5. The summed E-state index contributed by atoms with van der Waals surface area (Å²) in [4.78, 5) is 16.7. The summed E-state index contributed by atoms with van der Waals surface area (Å²) in [6, 6.07) is 20.0. The van der Waals surface area contributed by atoms with E-state index in [4.69, 9.17) is 0 Å². The molecule has 3 heteroatoms. The quantitative estimate of drug-likeness (QED) is 0.642. The van der Waals surface area contributed by atoms with Gasteiger partial charge >= 0.3 is 0 Å². The lowest BCUT2D eigenvalue weighted by Gasteiger charge is -1.99. The van der Waals surface area contributed by atoms with Gasteiger partial charge in [-0.3, -0.25) is 4.79 Å². The average molecular weight is 293 g/mol. The number of carbonyl (C=O) groups excluding carboxylic acids is 1. The summed E-state index contributed by atoms with van der Waals surface area (Å²) in [5, 5.41) is 2.55. The smallest absolute Gasteiger partial charge is 0.191 e. The zero-order chi connectivity index (χ0) is 14.5. The minimum absolute atomic E-state index is 0.117. The molecule has 21 heavy (non-hydrogen) atoms. The largest absolute Gasteiger partial charge is 0.292 e. The molecule has 1 aromatic heterocycles. The van der Waals surface area contributed by atoms with Crippen molar-refractivity contribution < 1.29 is 4.79 Å². The van der Waals surface area contributed by atoms with Crippen LogP contribution in [-0.4, -0.2) is 10.8 Å². The molecule has 0 saturated heterocycles. The molecule has 0 atom stereocenters. The number of aromatic nitrogens is 1. The van der Waals surface area contributed by atoms with Gasteiger partial charge in [0.05, 0.1) is 5.69 Å². The fourth-order valence-corrected chi connectivity index (χ4v) is 2.95. The van der Waals surface area contributed by atoms with Crippen molar-refractivity contribution in [1.29, 1.82) is 0 Å². The maximum Gasteiger partial charge on any atom is 0.191 e. The molecule has 0 amide bonds. The maximum atomic E-state index is 12.2. The summed E-state index contributed by atoms with van der Waals surface area (Å²) in [6.45, 7) is 0. The second-order valence-corrected chi connectivity index (χ2v) is 5.67. The van der Waals surface area contributed by atoms with Crippen molar-refractivity contribution >= 4 is 17.1 Å². The van der Waals surface area contributed by atoms with Gasteiger partial charge in [0.1, 0.15) is 0 Å². The van der Waals surface area contributed by atoms with Crippen molar-refractivity contribution in [3.8, 4) is 11.3 Å². The number of hydrogen-bond donors (Lipinski definition) is 0. The fourth-order valence-electron chi connectivity index (χ4n) is 2.15. The van der Waals surface area contributed by atoms with Gasteiger partial charge in [-0.05, 0) is 12.0 Å². The van der Waals surface area contributed by atoms with Crippen molar-refractivity contribution in [3.05, 3.63) is 76.6 Å². The van der Waals surface area contributed by atoms with E-state index in [-0.39, 0.29) is 5.78 Å². The Balaban J connectivity index is 1.67. The molecule has 1 heterocycles. The van der Waals surface area contributed by atoms with E-state index >= 15 is 0 Å². The van der Waals surface area contributed by atoms with Crippen molar-refractivity contribution in [2.45, 2.75) is 12.8 Å². The normalized spacial score (nSPS) is 10.5. The Morgan fingerprint density at radius 1 is 0.952 bits per heavy atom. The van der Waals surface area contributed by atoms with Crippen LogP contribution in [-0.2, 0) is 6.42 Å². The first-order valence-electron chi connectivity index (χ1n) is 6.91. The summed E-state index contributed by atoms with van der Waals surface area (Å²) in [6.07, 6.45) is 1.27. The van der Waals surface area contributed by atoms with E-state index in [1.807, 2.05) is 66.0 Å². The van der Waals surface area contributed by atoms with Gasteiger partial charge < -0.3 is 0 Å². The van der Waals surface area contributed by atoms with Crippen LogP contribution >= 0.6 is 11.3 Å². The van der Waals surface area contributed by atoms with Gasteiger partial charge in [0.2, 0.25) is 0 Å². The molecule has 0 unspecified atom stereocenters. The van der Waals surface area contributed by atoms with Gasteiger partial charge in [-0.25, -0.2) is 4.98 Å². The summed E-state index contributed by atoms with van der Waals surface area (Å²) in [7, 11) is 0. The van der Waals surface area contributed by atoms with Crippen LogP contribution in [0.5, 0.6) is 0 Å². The fraction of sp³-hybridized carbons (Fsp3) is 0.111. The number of carbonyl (C=O) groups is 1. The van der Waals surface area contributed by atoms with Gasteiger partial charge in [-0.2, -0.15) is 0 Å². The van der Waals surface area contributed by atoms with Gasteiger partial charge in [0.25, 0.3) is 0 Å². The number of hydrogen-bond acceptors (Lipinski definition) is 3. The molecule has 2 aromatic carbocycles. The molecule has 0 saturated carbocycles. The second-order valence-electron chi connectivity index (χ2n) is 4.81. The van der Waals surface area contributed by atoms with Crippen molar-refractivity contribution in [3.63, 3.8) is 0 Å². The number of thiazole rings is 1. The van der Waals surface area contributed by atoms with Gasteiger partial charge in [-0.15, -0.1) is 11.3 Å². The predicted molar refractivity (Wildman–Crippen MR) is 86.6 cm³/mol. The third-order valence-corrected chi connectivity index (χ3v) is 4.18. The summed E-state index contributed by atoms with van der Waals surface area (Å²) in [5.74, 6) is 0.117. The van der Waals surface area contributed by atoms with Crippen LogP contribution in [0.25, 0.3) is 11.3 Å². The summed E-state index contributed by atoms with van der Waals surface area (Å²) < 4.78 is 0. The van der Waals surface area contributed by atoms with E-state index in [9.17, 15) is 4.79 Å². The Bertz CT molecular complexity index is 719. The van der Waals surface area contributed by atoms with Crippen molar-refractivity contribution in [2.75, 3.05) is 0 Å². The zero-order valence-corrected chi connectivity index (χ0v) is 12.3. The number of ketones is 1. The minimum atomic E-state index is 0.117. The lowest BCUT2D eigenvalue weighted by molar-refractivity contribution is 0.0982. The van der Waals surface area contributed by atoms with E-state index in [1.54, 1.807) is 0 Å². The average Bonchev–Trinajstić information content (AvgIpc) is 3.04.